The van der Waals surface area contributed by atoms with Crippen LogP contribution in [-0.2, 0) is 7.05 Å². The second kappa shape index (κ2) is 3.58. The van der Waals surface area contributed by atoms with E-state index in [1.165, 1.54) is 5.56 Å². The van der Waals surface area contributed by atoms with Crippen LogP contribution in [0.1, 0.15) is 11.3 Å². The van der Waals surface area contributed by atoms with Crippen LogP contribution < -0.4 is 0 Å². The average molecular weight is 197 g/mol. The maximum absolute atomic E-state index is 8.92. The fourth-order valence-corrected chi connectivity index (χ4v) is 1.56. The van der Waals surface area contributed by atoms with E-state index in [0.29, 0.717) is 5.69 Å². The lowest BCUT2D eigenvalue weighted by Gasteiger charge is -2.03. The molecule has 0 aliphatic carbocycles. The fraction of sp³-hybridized carbons (Fsp3) is 0.167. The van der Waals surface area contributed by atoms with Crippen molar-refractivity contribution in [2.75, 3.05) is 0 Å². The molecular formula is C12H11N3. The summed E-state index contributed by atoms with van der Waals surface area (Å²) in [6, 6.07) is 10.2. The van der Waals surface area contributed by atoms with E-state index >= 15 is 0 Å². The highest BCUT2D eigenvalue weighted by Crippen LogP contribution is 2.22. The lowest BCUT2D eigenvalue weighted by Crippen LogP contribution is -1.91. The summed E-state index contributed by atoms with van der Waals surface area (Å²) in [5.74, 6) is 0. The number of benzene rings is 1. The van der Waals surface area contributed by atoms with E-state index in [1.54, 1.807) is 6.33 Å². The molecule has 0 saturated heterocycles. The largest absolute Gasteiger partial charge is 0.333 e. The molecule has 74 valence electrons. The third-order valence-corrected chi connectivity index (χ3v) is 2.37. The minimum atomic E-state index is 0.473. The van der Waals surface area contributed by atoms with Crippen molar-refractivity contribution in [3.05, 3.63) is 41.9 Å². The fourth-order valence-electron chi connectivity index (χ4n) is 1.56. The van der Waals surface area contributed by atoms with Crippen LogP contribution in [0.3, 0.4) is 0 Å². The van der Waals surface area contributed by atoms with Crippen molar-refractivity contribution < 1.29 is 0 Å². The van der Waals surface area contributed by atoms with Gasteiger partial charge in [-0.2, -0.15) is 5.26 Å². The third kappa shape index (κ3) is 1.62. The van der Waals surface area contributed by atoms with E-state index in [9.17, 15) is 0 Å². The molecule has 0 saturated carbocycles. The Balaban J connectivity index is 2.59. The molecule has 1 aromatic carbocycles. The van der Waals surface area contributed by atoms with Gasteiger partial charge in [0.05, 0.1) is 12.0 Å². The van der Waals surface area contributed by atoms with Gasteiger partial charge in [0, 0.05) is 12.6 Å². The van der Waals surface area contributed by atoms with Crippen LogP contribution >= 0.6 is 0 Å². The predicted octanol–water partition coefficient (Wildman–Crippen LogP) is 2.27. The Kier molecular flexibility index (Phi) is 2.26. The summed E-state index contributed by atoms with van der Waals surface area (Å²) in [4.78, 5) is 4.03. The first-order chi connectivity index (χ1) is 7.22. The van der Waals surface area contributed by atoms with Gasteiger partial charge in [-0.1, -0.05) is 29.8 Å². The Labute approximate surface area is 88.6 Å². The SMILES string of the molecule is Cc1ccc(-c2c(C#N)ncn2C)cc1. The number of hydrogen-bond acceptors (Lipinski definition) is 2. The smallest absolute Gasteiger partial charge is 0.166 e. The third-order valence-electron chi connectivity index (χ3n) is 2.37. The Morgan fingerprint density at radius 2 is 1.93 bits per heavy atom. The molecule has 3 nitrogen and oxygen atoms in total. The number of nitrogens with zero attached hydrogens (tertiary/aromatic N) is 3. The van der Waals surface area contributed by atoms with E-state index in [2.05, 4.69) is 11.1 Å². The van der Waals surface area contributed by atoms with Crippen molar-refractivity contribution in [2.45, 2.75) is 6.92 Å². The second-order valence-corrected chi connectivity index (χ2v) is 3.53. The highest BCUT2D eigenvalue weighted by molar-refractivity contribution is 5.65. The van der Waals surface area contributed by atoms with E-state index in [-0.39, 0.29) is 0 Å². The average Bonchev–Trinajstić information content (AvgIpc) is 2.61. The summed E-state index contributed by atoms with van der Waals surface area (Å²) in [5.41, 5.74) is 3.58. The summed E-state index contributed by atoms with van der Waals surface area (Å²) in [5, 5.41) is 8.92. The molecule has 1 heterocycles. The highest BCUT2D eigenvalue weighted by atomic mass is 15.0. The van der Waals surface area contributed by atoms with Crippen LogP contribution in [0.2, 0.25) is 0 Å². The highest BCUT2D eigenvalue weighted by Gasteiger charge is 2.09. The molecule has 0 atom stereocenters. The van der Waals surface area contributed by atoms with E-state index in [4.69, 9.17) is 5.26 Å². The normalized spacial score (nSPS) is 9.93. The Morgan fingerprint density at radius 3 is 2.53 bits per heavy atom. The van der Waals surface area contributed by atoms with Gasteiger partial charge in [0.2, 0.25) is 0 Å². The van der Waals surface area contributed by atoms with Crippen LogP contribution in [0.5, 0.6) is 0 Å². The molecule has 0 unspecified atom stereocenters. The lowest BCUT2D eigenvalue weighted by molar-refractivity contribution is 0.921. The van der Waals surface area contributed by atoms with E-state index in [0.717, 1.165) is 11.3 Å². The summed E-state index contributed by atoms with van der Waals surface area (Å²) in [6.45, 7) is 2.04. The zero-order valence-electron chi connectivity index (χ0n) is 8.73. The molecule has 2 rings (SSSR count). The molecule has 0 amide bonds. The standard InChI is InChI=1S/C12H11N3/c1-9-3-5-10(6-4-9)12-11(7-13)14-8-15(12)2/h3-6,8H,1-2H3. The molecule has 0 spiro atoms. The van der Waals surface area contributed by atoms with Crippen LogP contribution in [0, 0.1) is 18.3 Å². The molecular weight excluding hydrogens is 186 g/mol. The first-order valence-corrected chi connectivity index (χ1v) is 4.71. The molecule has 3 heteroatoms. The number of imidazole rings is 1. The second-order valence-electron chi connectivity index (χ2n) is 3.53. The number of rotatable bonds is 1. The Hall–Kier alpha value is -2.08. The van der Waals surface area contributed by atoms with Crippen molar-refractivity contribution in [3.8, 4) is 17.3 Å². The maximum Gasteiger partial charge on any atom is 0.166 e. The van der Waals surface area contributed by atoms with Gasteiger partial charge in [0.25, 0.3) is 0 Å². The number of hydrogen-bond donors (Lipinski definition) is 0. The minimum absolute atomic E-state index is 0.473. The minimum Gasteiger partial charge on any atom is -0.333 e. The van der Waals surface area contributed by atoms with Gasteiger partial charge in [0.15, 0.2) is 5.69 Å². The van der Waals surface area contributed by atoms with Crippen molar-refractivity contribution in [3.63, 3.8) is 0 Å². The zero-order chi connectivity index (χ0) is 10.8. The molecule has 0 aliphatic heterocycles. The summed E-state index contributed by atoms with van der Waals surface area (Å²) >= 11 is 0. The maximum atomic E-state index is 8.92. The van der Waals surface area contributed by atoms with E-state index < -0.39 is 0 Å². The summed E-state index contributed by atoms with van der Waals surface area (Å²) < 4.78 is 1.86. The summed E-state index contributed by atoms with van der Waals surface area (Å²) in [6.07, 6.45) is 1.66. The van der Waals surface area contributed by atoms with Gasteiger partial charge in [-0.15, -0.1) is 0 Å². The van der Waals surface area contributed by atoms with Gasteiger partial charge < -0.3 is 4.57 Å². The molecule has 15 heavy (non-hydrogen) atoms. The van der Waals surface area contributed by atoms with Crippen LogP contribution in [0.25, 0.3) is 11.3 Å². The first kappa shape index (κ1) is 9.47. The van der Waals surface area contributed by atoms with Crippen LogP contribution in [0.4, 0.5) is 0 Å². The van der Waals surface area contributed by atoms with Crippen LogP contribution in [-0.4, -0.2) is 9.55 Å². The van der Waals surface area contributed by atoms with Crippen LogP contribution in [0.15, 0.2) is 30.6 Å². The lowest BCUT2D eigenvalue weighted by atomic mass is 10.1. The topological polar surface area (TPSA) is 41.6 Å². The van der Waals surface area contributed by atoms with Gasteiger partial charge in [-0.3, -0.25) is 0 Å². The monoisotopic (exact) mass is 197 g/mol. The molecule has 1 aromatic heterocycles. The van der Waals surface area contributed by atoms with Gasteiger partial charge in [-0.25, -0.2) is 4.98 Å². The van der Waals surface area contributed by atoms with E-state index in [1.807, 2.05) is 42.8 Å². The predicted molar refractivity (Wildman–Crippen MR) is 58.1 cm³/mol. The quantitative estimate of drug-likeness (QED) is 0.703. The molecule has 2 aromatic rings. The van der Waals surface area contributed by atoms with Crippen molar-refractivity contribution in [1.29, 1.82) is 5.26 Å². The molecule has 0 radical (unpaired) electrons. The molecule has 0 fully saturated rings. The van der Waals surface area contributed by atoms with Gasteiger partial charge in [0.1, 0.15) is 6.07 Å². The van der Waals surface area contributed by atoms with Crippen molar-refractivity contribution in [1.82, 2.24) is 9.55 Å². The molecule has 0 bridgehead atoms. The van der Waals surface area contributed by atoms with Crippen molar-refractivity contribution >= 4 is 0 Å². The number of nitriles is 1. The Bertz CT molecular complexity index is 515. The first-order valence-electron chi connectivity index (χ1n) is 4.71. The Morgan fingerprint density at radius 1 is 1.27 bits per heavy atom. The molecule has 0 N–H and O–H groups in total. The van der Waals surface area contributed by atoms with Gasteiger partial charge >= 0.3 is 0 Å². The number of aromatic nitrogens is 2. The van der Waals surface area contributed by atoms with Gasteiger partial charge in [-0.05, 0) is 6.92 Å². The van der Waals surface area contributed by atoms with Crippen molar-refractivity contribution in [2.24, 2.45) is 7.05 Å². The summed E-state index contributed by atoms with van der Waals surface area (Å²) in [7, 11) is 1.89. The number of aryl methyl sites for hydroxylation is 2. The zero-order valence-corrected chi connectivity index (χ0v) is 8.73. The molecule has 0 aliphatic rings.